The molecule has 1 aromatic rings. The first kappa shape index (κ1) is 12.9. The van der Waals surface area contributed by atoms with E-state index in [0.29, 0.717) is 12.1 Å². The summed E-state index contributed by atoms with van der Waals surface area (Å²) in [5.74, 6) is -5.08. The zero-order valence-electron chi connectivity index (χ0n) is 8.70. The molecule has 1 atom stereocenters. The second-order valence-electron chi connectivity index (χ2n) is 3.32. The minimum absolute atomic E-state index is 0.376. The van der Waals surface area contributed by atoms with Gasteiger partial charge in [0, 0.05) is 6.07 Å². The monoisotopic (exact) mass is 245 g/mol. The summed E-state index contributed by atoms with van der Waals surface area (Å²) in [6.07, 6.45) is 0. The van der Waals surface area contributed by atoms with E-state index < -0.39 is 35.2 Å². The third kappa shape index (κ3) is 2.90. The molecule has 0 saturated heterocycles. The van der Waals surface area contributed by atoms with Crippen LogP contribution >= 0.6 is 0 Å². The van der Waals surface area contributed by atoms with E-state index in [0.717, 1.165) is 0 Å². The molecule has 0 aliphatic heterocycles. The van der Waals surface area contributed by atoms with Crippen molar-refractivity contribution in [3.8, 4) is 0 Å². The van der Waals surface area contributed by atoms with Crippen molar-refractivity contribution in [3.63, 3.8) is 0 Å². The van der Waals surface area contributed by atoms with Crippen LogP contribution in [0.2, 0.25) is 0 Å². The van der Waals surface area contributed by atoms with Gasteiger partial charge in [-0.1, -0.05) is 0 Å². The van der Waals surface area contributed by atoms with Crippen LogP contribution in [0.15, 0.2) is 12.1 Å². The molecular formula is C10H9F2NO4. The molecule has 17 heavy (non-hydrogen) atoms. The molecule has 1 unspecified atom stereocenters. The number of anilines is 1. The summed E-state index contributed by atoms with van der Waals surface area (Å²) in [6, 6.07) is -0.0242. The fourth-order valence-corrected chi connectivity index (χ4v) is 1.12. The Morgan fingerprint density at radius 3 is 2.29 bits per heavy atom. The highest BCUT2D eigenvalue weighted by molar-refractivity contribution is 5.89. The minimum Gasteiger partial charge on any atom is -0.480 e. The summed E-state index contributed by atoms with van der Waals surface area (Å²) < 4.78 is 26.2. The van der Waals surface area contributed by atoms with Crippen molar-refractivity contribution in [2.45, 2.75) is 13.0 Å². The first-order valence-electron chi connectivity index (χ1n) is 4.54. The lowest BCUT2D eigenvalue weighted by Gasteiger charge is -2.12. The van der Waals surface area contributed by atoms with Gasteiger partial charge < -0.3 is 15.5 Å². The van der Waals surface area contributed by atoms with Gasteiger partial charge in [-0.15, -0.1) is 0 Å². The molecule has 0 aliphatic rings. The lowest BCUT2D eigenvalue weighted by atomic mass is 10.1. The Kier molecular flexibility index (Phi) is 3.62. The Morgan fingerprint density at radius 1 is 1.24 bits per heavy atom. The molecule has 1 aromatic carbocycles. The standard InChI is InChI=1S/C10H9F2NO4/c1-4(9(14)15)13-8-2-5(10(16)17)6(11)3-7(8)12/h2-4,13H,1H3,(H,14,15)(H,16,17). The number of aromatic carboxylic acids is 1. The van der Waals surface area contributed by atoms with Gasteiger partial charge in [0.05, 0.1) is 11.3 Å². The van der Waals surface area contributed by atoms with Gasteiger partial charge in [0.15, 0.2) is 0 Å². The summed E-state index contributed by atoms with van der Waals surface area (Å²) in [6.45, 7) is 1.24. The molecule has 0 aliphatic carbocycles. The number of hydrogen-bond acceptors (Lipinski definition) is 3. The predicted molar refractivity (Wildman–Crippen MR) is 54.0 cm³/mol. The van der Waals surface area contributed by atoms with E-state index in [1.807, 2.05) is 0 Å². The number of carbonyl (C=O) groups is 2. The Morgan fingerprint density at radius 2 is 1.82 bits per heavy atom. The van der Waals surface area contributed by atoms with E-state index >= 15 is 0 Å². The topological polar surface area (TPSA) is 86.6 Å². The van der Waals surface area contributed by atoms with Crippen LogP contribution in [-0.2, 0) is 4.79 Å². The molecule has 0 amide bonds. The molecule has 0 bridgehead atoms. The molecule has 0 saturated carbocycles. The fourth-order valence-electron chi connectivity index (χ4n) is 1.12. The molecule has 0 spiro atoms. The van der Waals surface area contributed by atoms with Crippen LogP contribution < -0.4 is 5.32 Å². The summed E-state index contributed by atoms with van der Waals surface area (Å²) in [5.41, 5.74) is -1.11. The van der Waals surface area contributed by atoms with Crippen LogP contribution in [0, 0.1) is 11.6 Å². The van der Waals surface area contributed by atoms with E-state index in [-0.39, 0.29) is 5.69 Å². The minimum atomic E-state index is -1.56. The van der Waals surface area contributed by atoms with Crippen LogP contribution in [0.3, 0.4) is 0 Å². The third-order valence-electron chi connectivity index (χ3n) is 2.03. The molecule has 0 aromatic heterocycles. The fraction of sp³-hybridized carbons (Fsp3) is 0.200. The smallest absolute Gasteiger partial charge is 0.338 e. The van der Waals surface area contributed by atoms with Crippen LogP contribution in [-0.4, -0.2) is 28.2 Å². The van der Waals surface area contributed by atoms with Crippen molar-refractivity contribution >= 4 is 17.6 Å². The van der Waals surface area contributed by atoms with Gasteiger partial charge in [-0.2, -0.15) is 0 Å². The van der Waals surface area contributed by atoms with E-state index in [4.69, 9.17) is 10.2 Å². The Bertz CT molecular complexity index is 476. The number of nitrogens with one attached hydrogen (secondary N) is 1. The molecule has 0 fully saturated rings. The molecular weight excluding hydrogens is 236 g/mol. The average molecular weight is 245 g/mol. The van der Waals surface area contributed by atoms with Crippen LogP contribution in [0.1, 0.15) is 17.3 Å². The second-order valence-corrected chi connectivity index (χ2v) is 3.32. The van der Waals surface area contributed by atoms with Crippen molar-refractivity contribution in [3.05, 3.63) is 29.3 Å². The van der Waals surface area contributed by atoms with Crippen LogP contribution in [0.4, 0.5) is 14.5 Å². The molecule has 0 heterocycles. The number of benzene rings is 1. The SMILES string of the molecule is CC(Nc1cc(C(=O)O)c(F)cc1F)C(=O)O. The maximum absolute atomic E-state index is 13.2. The van der Waals surface area contributed by atoms with Gasteiger partial charge >= 0.3 is 11.9 Å². The number of hydrogen-bond donors (Lipinski definition) is 3. The lowest BCUT2D eigenvalue weighted by molar-refractivity contribution is -0.137. The third-order valence-corrected chi connectivity index (χ3v) is 2.03. The predicted octanol–water partition coefficient (Wildman–Crippen LogP) is 1.55. The largest absolute Gasteiger partial charge is 0.480 e. The number of aliphatic carboxylic acids is 1. The van der Waals surface area contributed by atoms with E-state index in [1.54, 1.807) is 0 Å². The van der Waals surface area contributed by atoms with Gasteiger partial charge in [-0.05, 0) is 13.0 Å². The summed E-state index contributed by atoms with van der Waals surface area (Å²) in [5, 5.41) is 19.4. The number of carboxylic acid groups (broad SMARTS) is 2. The summed E-state index contributed by atoms with van der Waals surface area (Å²) in [4.78, 5) is 21.1. The highest BCUT2D eigenvalue weighted by Crippen LogP contribution is 2.20. The molecule has 7 heteroatoms. The van der Waals surface area contributed by atoms with Gasteiger partial charge in [-0.25, -0.2) is 13.6 Å². The maximum Gasteiger partial charge on any atom is 0.338 e. The Balaban J connectivity index is 3.12. The zero-order valence-corrected chi connectivity index (χ0v) is 8.70. The zero-order chi connectivity index (χ0) is 13.2. The van der Waals surface area contributed by atoms with Crippen LogP contribution in [0.25, 0.3) is 0 Å². The maximum atomic E-state index is 13.2. The highest BCUT2D eigenvalue weighted by Gasteiger charge is 2.18. The van der Waals surface area contributed by atoms with E-state index in [9.17, 15) is 18.4 Å². The van der Waals surface area contributed by atoms with E-state index in [1.165, 1.54) is 6.92 Å². The molecule has 5 nitrogen and oxygen atoms in total. The van der Waals surface area contributed by atoms with Crippen molar-refractivity contribution in [2.75, 3.05) is 5.32 Å². The Labute approximate surface area is 94.7 Å². The van der Waals surface area contributed by atoms with Crippen molar-refractivity contribution in [1.29, 1.82) is 0 Å². The van der Waals surface area contributed by atoms with Gasteiger partial charge in [0.1, 0.15) is 17.7 Å². The number of rotatable bonds is 4. The average Bonchev–Trinajstić information content (AvgIpc) is 2.21. The number of halogens is 2. The van der Waals surface area contributed by atoms with Gasteiger partial charge in [-0.3, -0.25) is 4.79 Å². The molecule has 3 N–H and O–H groups in total. The summed E-state index contributed by atoms with van der Waals surface area (Å²) in [7, 11) is 0. The van der Waals surface area contributed by atoms with Crippen molar-refractivity contribution in [2.24, 2.45) is 0 Å². The first-order valence-corrected chi connectivity index (χ1v) is 4.54. The first-order chi connectivity index (χ1) is 7.82. The number of carboxylic acids is 2. The van der Waals surface area contributed by atoms with Crippen molar-refractivity contribution in [1.82, 2.24) is 0 Å². The molecule has 92 valence electrons. The normalized spacial score (nSPS) is 11.9. The van der Waals surface area contributed by atoms with Crippen LogP contribution in [0.5, 0.6) is 0 Å². The lowest BCUT2D eigenvalue weighted by Crippen LogP contribution is -2.26. The molecule has 1 rings (SSSR count). The Hall–Kier alpha value is -2.18. The van der Waals surface area contributed by atoms with Gasteiger partial charge in [0.25, 0.3) is 0 Å². The highest BCUT2D eigenvalue weighted by atomic mass is 19.1. The van der Waals surface area contributed by atoms with Crippen molar-refractivity contribution < 1.29 is 28.6 Å². The summed E-state index contributed by atoms with van der Waals surface area (Å²) >= 11 is 0. The van der Waals surface area contributed by atoms with E-state index in [2.05, 4.69) is 5.32 Å². The quantitative estimate of drug-likeness (QED) is 0.749. The second kappa shape index (κ2) is 4.77. The molecule has 0 radical (unpaired) electrons. The van der Waals surface area contributed by atoms with Gasteiger partial charge in [0.2, 0.25) is 0 Å².